The average molecular weight is 197 g/mol. The number of likely N-dealkylation sites (tertiary alicyclic amines) is 1. The van der Waals surface area contributed by atoms with Crippen molar-refractivity contribution >= 4 is 5.91 Å². The standard InChI is InChI=1S/C10H19N3O/c1-7(11)9(14)12-8-5-13(2)6-10(8)3-4-10/h7-8H,3-6,11H2,1-2H3,(H,12,14)/t7-,8+/m1/s1. The van der Waals surface area contributed by atoms with Crippen LogP contribution < -0.4 is 11.1 Å². The third-order valence-electron chi connectivity index (χ3n) is 3.44. The maximum Gasteiger partial charge on any atom is 0.236 e. The summed E-state index contributed by atoms with van der Waals surface area (Å²) in [5, 5.41) is 3.06. The highest BCUT2D eigenvalue weighted by atomic mass is 16.2. The summed E-state index contributed by atoms with van der Waals surface area (Å²) in [6.45, 7) is 3.82. The van der Waals surface area contributed by atoms with E-state index in [2.05, 4.69) is 17.3 Å². The second-order valence-electron chi connectivity index (χ2n) is 4.91. The topological polar surface area (TPSA) is 58.4 Å². The van der Waals surface area contributed by atoms with E-state index in [1.807, 2.05) is 0 Å². The first-order valence-electron chi connectivity index (χ1n) is 5.28. The van der Waals surface area contributed by atoms with Crippen molar-refractivity contribution in [3.05, 3.63) is 0 Å². The minimum Gasteiger partial charge on any atom is -0.350 e. The fraction of sp³-hybridized carbons (Fsp3) is 0.900. The summed E-state index contributed by atoms with van der Waals surface area (Å²) in [7, 11) is 2.11. The van der Waals surface area contributed by atoms with Gasteiger partial charge < -0.3 is 16.0 Å². The summed E-state index contributed by atoms with van der Waals surface area (Å²) < 4.78 is 0. The van der Waals surface area contributed by atoms with Crippen LogP contribution in [-0.4, -0.2) is 43.0 Å². The number of carbonyl (C=O) groups excluding carboxylic acids is 1. The van der Waals surface area contributed by atoms with Gasteiger partial charge in [0.05, 0.1) is 6.04 Å². The SMILES string of the molecule is C[C@@H](N)C(=O)N[C@H]1CN(C)CC12CC2. The molecular weight excluding hydrogens is 178 g/mol. The number of nitrogens with two attached hydrogens (primary N) is 1. The number of nitrogens with zero attached hydrogens (tertiary/aromatic N) is 1. The van der Waals surface area contributed by atoms with Crippen molar-refractivity contribution in [2.45, 2.75) is 31.8 Å². The molecule has 0 aromatic heterocycles. The summed E-state index contributed by atoms with van der Waals surface area (Å²) in [6.07, 6.45) is 2.50. The van der Waals surface area contributed by atoms with Gasteiger partial charge in [0.25, 0.3) is 0 Å². The zero-order valence-corrected chi connectivity index (χ0v) is 8.92. The van der Waals surface area contributed by atoms with Gasteiger partial charge in [-0.2, -0.15) is 0 Å². The fourth-order valence-electron chi connectivity index (χ4n) is 2.39. The Morgan fingerprint density at radius 1 is 1.64 bits per heavy atom. The second-order valence-corrected chi connectivity index (χ2v) is 4.91. The van der Waals surface area contributed by atoms with Crippen molar-refractivity contribution in [3.63, 3.8) is 0 Å². The Hall–Kier alpha value is -0.610. The van der Waals surface area contributed by atoms with Gasteiger partial charge in [-0.05, 0) is 26.8 Å². The molecule has 0 aromatic rings. The highest BCUT2D eigenvalue weighted by Gasteiger charge is 2.54. The van der Waals surface area contributed by atoms with Gasteiger partial charge in [0.15, 0.2) is 0 Å². The van der Waals surface area contributed by atoms with E-state index < -0.39 is 6.04 Å². The molecule has 1 heterocycles. The Kier molecular flexibility index (Phi) is 2.27. The van der Waals surface area contributed by atoms with Crippen molar-refractivity contribution < 1.29 is 4.79 Å². The molecule has 2 atom stereocenters. The van der Waals surface area contributed by atoms with Crippen LogP contribution in [0.4, 0.5) is 0 Å². The average Bonchev–Trinajstić information content (AvgIpc) is 2.76. The molecule has 1 saturated carbocycles. The maximum atomic E-state index is 11.5. The van der Waals surface area contributed by atoms with E-state index in [0.717, 1.165) is 13.1 Å². The predicted molar refractivity (Wildman–Crippen MR) is 54.7 cm³/mol. The molecule has 1 amide bonds. The Balaban J connectivity index is 1.95. The number of carbonyl (C=O) groups is 1. The molecule has 3 N–H and O–H groups in total. The molecule has 0 aromatic carbocycles. The molecule has 0 bridgehead atoms. The molecule has 4 nitrogen and oxygen atoms in total. The monoisotopic (exact) mass is 197 g/mol. The van der Waals surface area contributed by atoms with Crippen molar-refractivity contribution in [1.29, 1.82) is 0 Å². The summed E-state index contributed by atoms with van der Waals surface area (Å²) in [5.74, 6) is -0.0171. The summed E-state index contributed by atoms with van der Waals surface area (Å²) in [5.41, 5.74) is 5.92. The lowest BCUT2D eigenvalue weighted by molar-refractivity contribution is -0.122. The molecule has 4 heteroatoms. The number of likely N-dealkylation sites (N-methyl/N-ethyl adjacent to an activating group) is 1. The van der Waals surface area contributed by atoms with Crippen LogP contribution in [0.15, 0.2) is 0 Å². The number of rotatable bonds is 2. The van der Waals surface area contributed by atoms with Crippen molar-refractivity contribution in [3.8, 4) is 0 Å². The molecule has 1 aliphatic carbocycles. The van der Waals surface area contributed by atoms with Gasteiger partial charge in [-0.15, -0.1) is 0 Å². The van der Waals surface area contributed by atoms with Crippen molar-refractivity contribution in [2.24, 2.45) is 11.1 Å². The van der Waals surface area contributed by atoms with E-state index in [1.54, 1.807) is 6.92 Å². The zero-order valence-electron chi connectivity index (χ0n) is 8.92. The van der Waals surface area contributed by atoms with Crippen LogP contribution in [0.5, 0.6) is 0 Å². The Labute approximate surface area is 84.8 Å². The first-order chi connectivity index (χ1) is 6.53. The first kappa shape index (κ1) is 9.93. The minimum atomic E-state index is -0.392. The van der Waals surface area contributed by atoms with Crippen LogP contribution in [0.25, 0.3) is 0 Å². The molecule has 0 unspecified atom stereocenters. The lowest BCUT2D eigenvalue weighted by atomic mass is 10.0. The van der Waals surface area contributed by atoms with Crippen LogP contribution in [0, 0.1) is 5.41 Å². The molecule has 14 heavy (non-hydrogen) atoms. The molecular formula is C10H19N3O. The normalized spacial score (nSPS) is 31.8. The molecule has 1 aliphatic heterocycles. The molecule has 2 rings (SSSR count). The van der Waals surface area contributed by atoms with Crippen LogP contribution in [0.3, 0.4) is 0 Å². The molecule has 1 saturated heterocycles. The largest absolute Gasteiger partial charge is 0.350 e. The van der Waals surface area contributed by atoms with Crippen LogP contribution in [-0.2, 0) is 4.79 Å². The van der Waals surface area contributed by atoms with Crippen LogP contribution >= 0.6 is 0 Å². The third-order valence-corrected chi connectivity index (χ3v) is 3.44. The lowest BCUT2D eigenvalue weighted by Gasteiger charge is -2.19. The van der Waals surface area contributed by atoms with E-state index in [9.17, 15) is 4.79 Å². The van der Waals surface area contributed by atoms with E-state index >= 15 is 0 Å². The van der Waals surface area contributed by atoms with Gasteiger partial charge in [0, 0.05) is 24.5 Å². The van der Waals surface area contributed by atoms with E-state index in [0.29, 0.717) is 11.5 Å². The van der Waals surface area contributed by atoms with Gasteiger partial charge in [-0.1, -0.05) is 0 Å². The highest BCUT2D eigenvalue weighted by molar-refractivity contribution is 5.81. The Morgan fingerprint density at radius 3 is 2.79 bits per heavy atom. The quantitative estimate of drug-likeness (QED) is 0.630. The van der Waals surface area contributed by atoms with Crippen molar-refractivity contribution in [1.82, 2.24) is 10.2 Å². The Bertz CT molecular complexity index is 248. The summed E-state index contributed by atoms with van der Waals surface area (Å²) in [4.78, 5) is 13.8. The van der Waals surface area contributed by atoms with Gasteiger partial charge in [-0.25, -0.2) is 0 Å². The predicted octanol–water partition coefficient (Wildman–Crippen LogP) is -0.456. The zero-order chi connectivity index (χ0) is 10.3. The smallest absolute Gasteiger partial charge is 0.236 e. The number of amides is 1. The van der Waals surface area contributed by atoms with Gasteiger partial charge in [0.1, 0.15) is 0 Å². The van der Waals surface area contributed by atoms with Crippen molar-refractivity contribution in [2.75, 3.05) is 20.1 Å². The number of hydrogen-bond donors (Lipinski definition) is 2. The van der Waals surface area contributed by atoms with Gasteiger partial charge >= 0.3 is 0 Å². The number of hydrogen-bond acceptors (Lipinski definition) is 3. The molecule has 2 aliphatic rings. The van der Waals surface area contributed by atoms with E-state index in [-0.39, 0.29) is 5.91 Å². The lowest BCUT2D eigenvalue weighted by Crippen LogP contribution is -2.47. The molecule has 0 radical (unpaired) electrons. The van der Waals surface area contributed by atoms with Crippen LogP contribution in [0.1, 0.15) is 19.8 Å². The minimum absolute atomic E-state index is 0.0171. The van der Waals surface area contributed by atoms with E-state index in [4.69, 9.17) is 5.73 Å². The third kappa shape index (κ3) is 1.64. The maximum absolute atomic E-state index is 11.5. The van der Waals surface area contributed by atoms with Gasteiger partial charge in [-0.3, -0.25) is 4.79 Å². The Morgan fingerprint density at radius 2 is 2.29 bits per heavy atom. The molecule has 1 spiro atoms. The summed E-state index contributed by atoms with van der Waals surface area (Å²) in [6, 6.07) is -0.0669. The van der Waals surface area contributed by atoms with Crippen LogP contribution in [0.2, 0.25) is 0 Å². The van der Waals surface area contributed by atoms with E-state index in [1.165, 1.54) is 12.8 Å². The molecule has 2 fully saturated rings. The summed E-state index contributed by atoms with van der Waals surface area (Å²) >= 11 is 0. The highest BCUT2D eigenvalue weighted by Crippen LogP contribution is 2.52. The first-order valence-corrected chi connectivity index (χ1v) is 5.28. The fourth-order valence-corrected chi connectivity index (χ4v) is 2.39. The van der Waals surface area contributed by atoms with Gasteiger partial charge in [0.2, 0.25) is 5.91 Å². The molecule has 80 valence electrons. The second kappa shape index (κ2) is 3.21. The number of nitrogens with one attached hydrogen (secondary N) is 1.